The van der Waals surface area contributed by atoms with Crippen molar-refractivity contribution in [3.05, 3.63) is 54.4 Å². The van der Waals surface area contributed by atoms with Crippen LogP contribution >= 0.6 is 24.0 Å². The molecule has 28 heavy (non-hydrogen) atoms. The van der Waals surface area contributed by atoms with Gasteiger partial charge in [-0.05, 0) is 44.0 Å². The predicted octanol–water partition coefficient (Wildman–Crippen LogP) is 3.22. The lowest BCUT2D eigenvalue weighted by molar-refractivity contribution is 0.320. The number of guanidine groups is 1. The van der Waals surface area contributed by atoms with Gasteiger partial charge in [0, 0.05) is 38.1 Å². The van der Waals surface area contributed by atoms with Gasteiger partial charge < -0.3 is 20.3 Å². The zero-order valence-corrected chi connectivity index (χ0v) is 18.9. The van der Waals surface area contributed by atoms with Gasteiger partial charge in [-0.1, -0.05) is 17.7 Å². The molecule has 2 aromatic rings. The van der Waals surface area contributed by atoms with Crippen LogP contribution in [-0.4, -0.2) is 50.3 Å². The highest BCUT2D eigenvalue weighted by Gasteiger charge is 2.20. The Balaban J connectivity index is 0.00000280. The first-order valence-corrected chi connectivity index (χ1v) is 9.56. The molecule has 1 unspecified atom stereocenters. The first kappa shape index (κ1) is 22.3. The summed E-state index contributed by atoms with van der Waals surface area (Å²) in [5.74, 6) is 1.60. The van der Waals surface area contributed by atoms with Crippen molar-refractivity contribution < 1.29 is 4.74 Å². The largest absolute Gasteiger partial charge is 0.490 e. The Labute approximate surface area is 184 Å². The Bertz CT molecular complexity index is 723. The van der Waals surface area contributed by atoms with E-state index >= 15 is 0 Å². The molecular formula is C21H30IN5O. The van der Waals surface area contributed by atoms with E-state index in [-0.39, 0.29) is 24.0 Å². The highest BCUT2D eigenvalue weighted by Crippen LogP contribution is 2.20. The SMILES string of the molecule is CN=C(NCCOc1cccnc1)NC1CCCN(c2ccc(C)cc2)C1.I. The van der Waals surface area contributed by atoms with Crippen molar-refractivity contribution >= 4 is 35.6 Å². The second-order valence-electron chi connectivity index (χ2n) is 6.80. The zero-order chi connectivity index (χ0) is 18.9. The van der Waals surface area contributed by atoms with E-state index in [1.54, 1.807) is 19.4 Å². The molecule has 1 aliphatic rings. The molecule has 7 heteroatoms. The molecule has 0 bridgehead atoms. The molecule has 0 radical (unpaired) electrons. The van der Waals surface area contributed by atoms with Crippen molar-refractivity contribution in [2.24, 2.45) is 4.99 Å². The van der Waals surface area contributed by atoms with Crippen LogP contribution in [0, 0.1) is 6.92 Å². The topological polar surface area (TPSA) is 61.8 Å². The van der Waals surface area contributed by atoms with E-state index in [0.717, 1.165) is 31.2 Å². The Kier molecular flexibility index (Phi) is 9.33. The normalized spacial score (nSPS) is 16.9. The van der Waals surface area contributed by atoms with Crippen LogP contribution in [0.1, 0.15) is 18.4 Å². The fourth-order valence-corrected chi connectivity index (χ4v) is 3.24. The Morgan fingerprint density at radius 3 is 2.82 bits per heavy atom. The Hall–Kier alpha value is -2.03. The van der Waals surface area contributed by atoms with E-state index in [0.29, 0.717) is 19.2 Å². The van der Waals surface area contributed by atoms with Gasteiger partial charge in [-0.15, -0.1) is 24.0 Å². The van der Waals surface area contributed by atoms with E-state index in [1.165, 1.54) is 17.7 Å². The number of pyridine rings is 1. The minimum Gasteiger partial charge on any atom is -0.490 e. The number of aliphatic imine (C=N–C) groups is 1. The number of rotatable bonds is 6. The molecule has 1 aliphatic heterocycles. The molecule has 1 saturated heterocycles. The van der Waals surface area contributed by atoms with Crippen LogP contribution in [0.2, 0.25) is 0 Å². The second kappa shape index (κ2) is 11.7. The molecule has 2 N–H and O–H groups in total. The summed E-state index contributed by atoms with van der Waals surface area (Å²) in [5.41, 5.74) is 2.59. The minimum absolute atomic E-state index is 0. The maximum Gasteiger partial charge on any atom is 0.191 e. The monoisotopic (exact) mass is 495 g/mol. The average molecular weight is 495 g/mol. The molecule has 3 rings (SSSR count). The number of anilines is 1. The van der Waals surface area contributed by atoms with Crippen molar-refractivity contribution in [3.63, 3.8) is 0 Å². The summed E-state index contributed by atoms with van der Waals surface area (Å²) in [6.45, 7) is 5.45. The number of piperidine rings is 1. The van der Waals surface area contributed by atoms with Gasteiger partial charge in [-0.25, -0.2) is 0 Å². The average Bonchev–Trinajstić information content (AvgIpc) is 2.72. The maximum absolute atomic E-state index is 5.66. The first-order valence-electron chi connectivity index (χ1n) is 9.56. The van der Waals surface area contributed by atoms with E-state index in [9.17, 15) is 0 Å². The maximum atomic E-state index is 5.66. The van der Waals surface area contributed by atoms with Crippen LogP contribution in [0.3, 0.4) is 0 Å². The van der Waals surface area contributed by atoms with E-state index in [4.69, 9.17) is 4.74 Å². The van der Waals surface area contributed by atoms with Crippen LogP contribution in [0.4, 0.5) is 5.69 Å². The Morgan fingerprint density at radius 2 is 2.11 bits per heavy atom. The third kappa shape index (κ3) is 6.85. The molecule has 0 amide bonds. The number of halogens is 1. The second-order valence-corrected chi connectivity index (χ2v) is 6.80. The number of hydrogen-bond donors (Lipinski definition) is 2. The summed E-state index contributed by atoms with van der Waals surface area (Å²) < 4.78 is 5.66. The number of nitrogens with one attached hydrogen (secondary N) is 2. The van der Waals surface area contributed by atoms with E-state index in [1.807, 2.05) is 12.1 Å². The molecule has 1 fully saturated rings. The van der Waals surface area contributed by atoms with Crippen molar-refractivity contribution in [2.75, 3.05) is 38.2 Å². The fraction of sp³-hybridized carbons (Fsp3) is 0.429. The smallest absolute Gasteiger partial charge is 0.191 e. The number of ether oxygens (including phenoxy) is 1. The highest BCUT2D eigenvalue weighted by molar-refractivity contribution is 14.0. The summed E-state index contributed by atoms with van der Waals surface area (Å²) in [6.07, 6.45) is 5.78. The van der Waals surface area contributed by atoms with Crippen LogP contribution in [0.25, 0.3) is 0 Å². The molecule has 1 aromatic heterocycles. The third-order valence-electron chi connectivity index (χ3n) is 4.68. The lowest BCUT2D eigenvalue weighted by Crippen LogP contribution is -2.51. The zero-order valence-electron chi connectivity index (χ0n) is 16.6. The molecular weight excluding hydrogens is 465 g/mol. The summed E-state index contributed by atoms with van der Waals surface area (Å²) in [6, 6.07) is 12.9. The molecule has 2 heterocycles. The number of hydrogen-bond acceptors (Lipinski definition) is 4. The quantitative estimate of drug-likeness (QED) is 0.279. The van der Waals surface area contributed by atoms with Gasteiger partial charge >= 0.3 is 0 Å². The summed E-state index contributed by atoms with van der Waals surface area (Å²) >= 11 is 0. The number of nitrogens with zero attached hydrogens (tertiary/aromatic N) is 3. The van der Waals surface area contributed by atoms with Crippen LogP contribution < -0.4 is 20.3 Å². The predicted molar refractivity (Wildman–Crippen MR) is 126 cm³/mol. The fourth-order valence-electron chi connectivity index (χ4n) is 3.24. The van der Waals surface area contributed by atoms with Crippen molar-refractivity contribution in [1.29, 1.82) is 0 Å². The van der Waals surface area contributed by atoms with Gasteiger partial charge in [-0.2, -0.15) is 0 Å². The van der Waals surface area contributed by atoms with E-state index < -0.39 is 0 Å². The van der Waals surface area contributed by atoms with Crippen LogP contribution in [0.5, 0.6) is 5.75 Å². The highest BCUT2D eigenvalue weighted by atomic mass is 127. The molecule has 0 spiro atoms. The lowest BCUT2D eigenvalue weighted by Gasteiger charge is -2.35. The van der Waals surface area contributed by atoms with Gasteiger partial charge in [0.1, 0.15) is 12.4 Å². The standard InChI is InChI=1S/C21H29N5O.HI/c1-17-7-9-19(10-8-17)26-13-4-5-18(16-26)25-21(22-2)24-12-14-27-20-6-3-11-23-15-20;/h3,6-11,15,18H,4-5,12-14,16H2,1-2H3,(H2,22,24,25);1H. The minimum atomic E-state index is 0. The van der Waals surface area contributed by atoms with Crippen LogP contribution in [0.15, 0.2) is 53.8 Å². The van der Waals surface area contributed by atoms with E-state index in [2.05, 4.69) is 56.7 Å². The van der Waals surface area contributed by atoms with Gasteiger partial charge in [0.2, 0.25) is 0 Å². The van der Waals surface area contributed by atoms with Gasteiger partial charge in [0.05, 0.1) is 12.7 Å². The van der Waals surface area contributed by atoms with Gasteiger partial charge in [0.25, 0.3) is 0 Å². The summed E-state index contributed by atoms with van der Waals surface area (Å²) in [5, 5.41) is 6.87. The van der Waals surface area contributed by atoms with Gasteiger partial charge in [0.15, 0.2) is 5.96 Å². The lowest BCUT2D eigenvalue weighted by atomic mass is 10.0. The molecule has 1 aromatic carbocycles. The molecule has 1 atom stereocenters. The van der Waals surface area contributed by atoms with Gasteiger partial charge in [-0.3, -0.25) is 9.98 Å². The van der Waals surface area contributed by atoms with Crippen LogP contribution in [-0.2, 0) is 0 Å². The Morgan fingerprint density at radius 1 is 1.29 bits per heavy atom. The first-order chi connectivity index (χ1) is 13.2. The molecule has 0 saturated carbocycles. The molecule has 152 valence electrons. The van der Waals surface area contributed by atoms with Crippen molar-refractivity contribution in [3.8, 4) is 5.75 Å². The summed E-state index contributed by atoms with van der Waals surface area (Å²) in [4.78, 5) is 10.8. The van der Waals surface area contributed by atoms with Crippen molar-refractivity contribution in [2.45, 2.75) is 25.8 Å². The number of aromatic nitrogens is 1. The number of aryl methyl sites for hydroxylation is 1. The molecule has 0 aliphatic carbocycles. The summed E-state index contributed by atoms with van der Waals surface area (Å²) in [7, 11) is 1.80. The van der Waals surface area contributed by atoms with Crippen molar-refractivity contribution in [1.82, 2.24) is 15.6 Å². The molecule has 6 nitrogen and oxygen atoms in total. The third-order valence-corrected chi connectivity index (χ3v) is 4.68. The number of benzene rings is 1.